The molecule has 3 aliphatic rings. The number of pyridine rings is 1. The van der Waals surface area contributed by atoms with Gasteiger partial charge in [0.15, 0.2) is 11.6 Å². The summed E-state index contributed by atoms with van der Waals surface area (Å²) in [6.07, 6.45) is 4.33. The molecule has 1 saturated carbocycles. The number of nitrogens with zero attached hydrogens (tertiary/aromatic N) is 5. The SMILES string of the molecule is O=S(=O)(CCO)Nc1ccc(-c2nnc(-c3cccc(N4CCC(F)(F)CC4)n3)[nH]2)c(N2CCC3(CC2)CC3)c1. The molecule has 1 aliphatic carbocycles. The maximum absolute atomic E-state index is 13.6. The van der Waals surface area contributed by atoms with Crippen molar-refractivity contribution in [1.29, 1.82) is 0 Å². The summed E-state index contributed by atoms with van der Waals surface area (Å²) in [6.45, 7) is 1.73. The molecular weight excluding hydrogens is 540 g/mol. The summed E-state index contributed by atoms with van der Waals surface area (Å²) in [6, 6.07) is 10.7. The average molecular weight is 574 g/mol. The monoisotopic (exact) mass is 573 g/mol. The van der Waals surface area contributed by atoms with Crippen LogP contribution in [0.4, 0.5) is 26.0 Å². The summed E-state index contributed by atoms with van der Waals surface area (Å²) in [7, 11) is -3.68. The van der Waals surface area contributed by atoms with Gasteiger partial charge in [-0.15, -0.1) is 10.2 Å². The molecule has 0 amide bonds. The number of hydrogen-bond acceptors (Lipinski definition) is 8. The van der Waals surface area contributed by atoms with E-state index in [2.05, 4.69) is 29.8 Å². The number of aromatic amines is 1. The first kappa shape index (κ1) is 26.9. The van der Waals surface area contributed by atoms with Crippen LogP contribution >= 0.6 is 0 Å². The maximum Gasteiger partial charge on any atom is 0.251 e. The van der Waals surface area contributed by atoms with Crippen LogP contribution in [0.3, 0.4) is 0 Å². The molecule has 3 N–H and O–H groups in total. The minimum Gasteiger partial charge on any atom is -0.395 e. The molecule has 2 aromatic heterocycles. The zero-order valence-electron chi connectivity index (χ0n) is 22.1. The molecule has 6 rings (SSSR count). The Hall–Kier alpha value is -3.32. The van der Waals surface area contributed by atoms with Gasteiger partial charge in [-0.3, -0.25) is 4.72 Å². The zero-order chi connectivity index (χ0) is 28.0. The first-order valence-electron chi connectivity index (χ1n) is 13.7. The predicted molar refractivity (Wildman–Crippen MR) is 149 cm³/mol. The Balaban J connectivity index is 1.28. The molecule has 3 aromatic rings. The van der Waals surface area contributed by atoms with Gasteiger partial charge in [-0.25, -0.2) is 22.2 Å². The molecular formula is C27H33F2N7O3S. The highest BCUT2D eigenvalue weighted by Gasteiger charge is 2.44. The van der Waals surface area contributed by atoms with Crippen LogP contribution in [-0.4, -0.2) is 78.2 Å². The summed E-state index contributed by atoms with van der Waals surface area (Å²) in [5, 5.41) is 17.8. The van der Waals surface area contributed by atoms with Crippen LogP contribution in [0.15, 0.2) is 36.4 Å². The maximum atomic E-state index is 13.6. The standard InChI is InChI=1S/C27H33F2N7O3S/c28-27(29)10-14-36(15-11-27)23-3-1-2-21(30-23)25-31-24(32-33-25)20-5-4-19(34-40(38,39)17-16-37)18-22(20)35-12-8-26(6-7-26)9-13-35/h1-5,18,34,37H,6-17H2,(H,31,32,33). The fourth-order valence-corrected chi connectivity index (χ4v) is 6.43. The van der Waals surface area contributed by atoms with Crippen molar-refractivity contribution in [3.05, 3.63) is 36.4 Å². The number of aromatic nitrogens is 4. The number of halogens is 2. The third-order valence-corrected chi connectivity index (χ3v) is 9.56. The minimum absolute atomic E-state index is 0.197. The number of anilines is 3. The van der Waals surface area contributed by atoms with Crippen LogP contribution in [0.25, 0.3) is 22.9 Å². The molecule has 3 fully saturated rings. The van der Waals surface area contributed by atoms with E-state index in [1.54, 1.807) is 12.1 Å². The Morgan fingerprint density at radius 3 is 2.33 bits per heavy atom. The van der Waals surface area contributed by atoms with E-state index in [1.807, 2.05) is 29.2 Å². The number of sulfonamides is 1. The molecule has 0 atom stereocenters. The van der Waals surface area contributed by atoms with Gasteiger partial charge in [0.25, 0.3) is 5.92 Å². The van der Waals surface area contributed by atoms with E-state index < -0.39 is 22.6 Å². The van der Waals surface area contributed by atoms with E-state index in [4.69, 9.17) is 5.11 Å². The average Bonchev–Trinajstić information content (AvgIpc) is 3.49. The minimum atomic E-state index is -3.68. The first-order chi connectivity index (χ1) is 19.1. The van der Waals surface area contributed by atoms with Crippen LogP contribution in [0.5, 0.6) is 0 Å². The van der Waals surface area contributed by atoms with Gasteiger partial charge >= 0.3 is 0 Å². The predicted octanol–water partition coefficient (Wildman–Crippen LogP) is 3.88. The van der Waals surface area contributed by atoms with Gasteiger partial charge in [0.2, 0.25) is 10.0 Å². The summed E-state index contributed by atoms with van der Waals surface area (Å²) in [5.41, 5.74) is 3.07. The Labute approximate surface area is 231 Å². The van der Waals surface area contributed by atoms with Gasteiger partial charge in [0.1, 0.15) is 11.5 Å². The lowest BCUT2D eigenvalue weighted by Crippen LogP contribution is -2.39. The highest BCUT2D eigenvalue weighted by molar-refractivity contribution is 7.92. The van der Waals surface area contributed by atoms with Gasteiger partial charge in [0.05, 0.1) is 18.0 Å². The molecule has 4 heterocycles. The molecule has 214 valence electrons. The Kier molecular flexibility index (Phi) is 6.89. The quantitative estimate of drug-likeness (QED) is 0.371. The number of aliphatic hydroxyl groups excluding tert-OH is 1. The molecule has 13 heteroatoms. The van der Waals surface area contributed by atoms with Crippen LogP contribution in [0.2, 0.25) is 0 Å². The molecule has 40 heavy (non-hydrogen) atoms. The molecule has 1 aromatic carbocycles. The smallest absolute Gasteiger partial charge is 0.251 e. The van der Waals surface area contributed by atoms with Gasteiger partial charge in [-0.2, -0.15) is 0 Å². The van der Waals surface area contributed by atoms with Crippen molar-refractivity contribution < 1.29 is 22.3 Å². The number of rotatable bonds is 8. The molecule has 0 radical (unpaired) electrons. The van der Waals surface area contributed by atoms with Crippen LogP contribution in [0, 0.1) is 5.41 Å². The highest BCUT2D eigenvalue weighted by atomic mass is 32.2. The fraction of sp³-hybridized carbons (Fsp3) is 0.519. The van der Waals surface area contributed by atoms with Crippen LogP contribution in [0.1, 0.15) is 38.5 Å². The molecule has 2 aliphatic heterocycles. The normalized spacial score (nSPS) is 20.1. The van der Waals surface area contributed by atoms with Crippen LogP contribution in [-0.2, 0) is 10.0 Å². The van der Waals surface area contributed by atoms with E-state index in [-0.39, 0.29) is 31.7 Å². The summed E-state index contributed by atoms with van der Waals surface area (Å²) in [5.74, 6) is -1.42. The topological polar surface area (TPSA) is 127 Å². The zero-order valence-corrected chi connectivity index (χ0v) is 22.9. The van der Waals surface area contributed by atoms with Gasteiger partial charge < -0.3 is 19.9 Å². The molecule has 10 nitrogen and oxygen atoms in total. The van der Waals surface area contributed by atoms with Gasteiger partial charge in [0, 0.05) is 50.3 Å². The van der Waals surface area contributed by atoms with E-state index in [0.717, 1.165) is 37.2 Å². The van der Waals surface area contributed by atoms with Crippen molar-refractivity contribution in [2.45, 2.75) is 44.4 Å². The lowest BCUT2D eigenvalue weighted by atomic mass is 9.93. The van der Waals surface area contributed by atoms with Crippen molar-refractivity contribution in [2.24, 2.45) is 5.41 Å². The van der Waals surface area contributed by atoms with E-state index in [9.17, 15) is 17.2 Å². The van der Waals surface area contributed by atoms with E-state index in [1.165, 1.54) is 12.8 Å². The fourth-order valence-electron chi connectivity index (χ4n) is 5.60. The third-order valence-electron chi connectivity index (χ3n) is 8.29. The van der Waals surface area contributed by atoms with Crippen LogP contribution < -0.4 is 14.5 Å². The number of H-pyrrole nitrogens is 1. The number of piperidine rings is 2. The Bertz CT molecular complexity index is 1470. The van der Waals surface area contributed by atoms with Crippen molar-refractivity contribution in [2.75, 3.05) is 53.1 Å². The van der Waals surface area contributed by atoms with Crippen molar-refractivity contribution >= 4 is 27.2 Å². The molecule has 1 spiro atoms. The largest absolute Gasteiger partial charge is 0.395 e. The second kappa shape index (κ2) is 10.3. The van der Waals surface area contributed by atoms with Crippen molar-refractivity contribution in [3.63, 3.8) is 0 Å². The number of nitrogens with one attached hydrogen (secondary N) is 2. The van der Waals surface area contributed by atoms with Crippen molar-refractivity contribution in [3.8, 4) is 22.9 Å². The van der Waals surface area contributed by atoms with E-state index >= 15 is 0 Å². The first-order valence-corrected chi connectivity index (χ1v) is 15.3. The Morgan fingerprint density at radius 2 is 1.62 bits per heavy atom. The Morgan fingerprint density at radius 1 is 0.925 bits per heavy atom. The molecule has 0 unspecified atom stereocenters. The highest BCUT2D eigenvalue weighted by Crippen LogP contribution is 2.54. The lowest BCUT2D eigenvalue weighted by Gasteiger charge is -2.35. The number of hydrogen-bond donors (Lipinski definition) is 3. The second-order valence-electron chi connectivity index (χ2n) is 11.1. The summed E-state index contributed by atoms with van der Waals surface area (Å²) in [4.78, 5) is 12.0. The molecule has 2 saturated heterocycles. The number of aliphatic hydroxyl groups is 1. The summed E-state index contributed by atoms with van der Waals surface area (Å²) >= 11 is 0. The van der Waals surface area contributed by atoms with Gasteiger partial charge in [-0.05, 0) is 61.4 Å². The van der Waals surface area contributed by atoms with E-state index in [0.29, 0.717) is 34.3 Å². The summed E-state index contributed by atoms with van der Waals surface area (Å²) < 4.78 is 54.4. The number of benzene rings is 1. The van der Waals surface area contributed by atoms with Crippen molar-refractivity contribution in [1.82, 2.24) is 20.2 Å². The number of alkyl halides is 2. The molecule has 0 bridgehead atoms. The second-order valence-corrected chi connectivity index (χ2v) is 13.0. The lowest BCUT2D eigenvalue weighted by molar-refractivity contribution is -0.0221. The third kappa shape index (κ3) is 5.75. The van der Waals surface area contributed by atoms with Gasteiger partial charge in [-0.1, -0.05) is 6.07 Å².